The van der Waals surface area contributed by atoms with Gasteiger partial charge in [-0.25, -0.2) is 9.78 Å². The zero-order chi connectivity index (χ0) is 20.6. The van der Waals surface area contributed by atoms with Crippen LogP contribution in [0.4, 0.5) is 4.79 Å². The molecule has 1 amide bonds. The molecule has 0 atom stereocenters. The van der Waals surface area contributed by atoms with Crippen LogP contribution >= 0.6 is 0 Å². The summed E-state index contributed by atoms with van der Waals surface area (Å²) in [4.78, 5) is 16.6. The molecule has 2 aromatic rings. The third kappa shape index (κ3) is 5.71. The lowest BCUT2D eigenvalue weighted by molar-refractivity contribution is 0.144. The number of hydrogen-bond acceptors (Lipinski definition) is 5. The number of aryl methyl sites for hydroxylation is 2. The van der Waals surface area contributed by atoms with Gasteiger partial charge in [-0.05, 0) is 51.2 Å². The van der Waals surface area contributed by atoms with E-state index in [1.807, 2.05) is 26.1 Å². The zero-order valence-corrected chi connectivity index (χ0v) is 17.7. The van der Waals surface area contributed by atoms with Crippen LogP contribution in [-0.2, 0) is 18.3 Å². The average molecular weight is 401 g/mol. The number of carbonyl (C=O) groups excluding carboxylic acids is 1. The quantitative estimate of drug-likeness (QED) is 0.659. The first-order valence-corrected chi connectivity index (χ1v) is 10.6. The van der Waals surface area contributed by atoms with Crippen LogP contribution in [0.5, 0.6) is 5.75 Å². The Morgan fingerprint density at radius 2 is 2.07 bits per heavy atom. The average Bonchev–Trinajstić information content (AvgIpc) is 3.09. The molecule has 1 N–H and O–H groups in total. The number of amides is 1. The van der Waals surface area contributed by atoms with Crippen LogP contribution in [0.3, 0.4) is 0 Å². The molecule has 1 saturated carbocycles. The van der Waals surface area contributed by atoms with Crippen molar-refractivity contribution < 1.29 is 14.3 Å². The third-order valence-electron chi connectivity index (χ3n) is 5.35. The fourth-order valence-corrected chi connectivity index (χ4v) is 3.59. The first-order chi connectivity index (χ1) is 14.1. The van der Waals surface area contributed by atoms with Crippen molar-refractivity contribution >= 4 is 6.09 Å². The van der Waals surface area contributed by atoms with Gasteiger partial charge in [-0.2, -0.15) is 5.10 Å². The normalized spacial score (nSPS) is 14.6. The van der Waals surface area contributed by atoms with Crippen molar-refractivity contribution in [2.75, 3.05) is 6.61 Å². The van der Waals surface area contributed by atoms with E-state index in [2.05, 4.69) is 17.3 Å². The van der Waals surface area contributed by atoms with Gasteiger partial charge in [0, 0.05) is 12.6 Å². The molecule has 158 valence electrons. The van der Waals surface area contributed by atoms with Gasteiger partial charge in [-0.1, -0.05) is 19.8 Å². The van der Waals surface area contributed by atoms with Crippen molar-refractivity contribution in [1.82, 2.24) is 20.1 Å². The predicted molar refractivity (Wildman–Crippen MR) is 112 cm³/mol. The maximum atomic E-state index is 11.9. The van der Waals surface area contributed by atoms with Crippen LogP contribution in [0.25, 0.3) is 11.3 Å². The Balaban J connectivity index is 1.67. The van der Waals surface area contributed by atoms with Crippen molar-refractivity contribution in [1.29, 1.82) is 0 Å². The molecule has 0 saturated heterocycles. The Hall–Kier alpha value is -2.57. The second kappa shape index (κ2) is 10.3. The minimum atomic E-state index is -0.411. The number of hydrogen-bond donors (Lipinski definition) is 1. The Labute approximate surface area is 172 Å². The number of nitrogens with one attached hydrogen (secondary N) is 1. The molecule has 1 aliphatic carbocycles. The fourth-order valence-electron chi connectivity index (χ4n) is 3.59. The van der Waals surface area contributed by atoms with Gasteiger partial charge in [0.15, 0.2) is 0 Å². The van der Waals surface area contributed by atoms with E-state index in [1.54, 1.807) is 10.9 Å². The van der Waals surface area contributed by atoms with Crippen LogP contribution in [0.2, 0.25) is 0 Å². The maximum Gasteiger partial charge on any atom is 0.407 e. The van der Waals surface area contributed by atoms with E-state index in [0.717, 1.165) is 54.1 Å². The molecule has 0 radical (unpaired) electrons. The molecule has 1 aliphatic rings. The maximum absolute atomic E-state index is 11.9. The van der Waals surface area contributed by atoms with Gasteiger partial charge in [-0.3, -0.25) is 4.68 Å². The number of ether oxygens (including phenoxy) is 2. The molecule has 0 aromatic carbocycles. The van der Waals surface area contributed by atoms with Gasteiger partial charge in [0.1, 0.15) is 5.75 Å². The van der Waals surface area contributed by atoms with Crippen LogP contribution in [0.15, 0.2) is 18.3 Å². The lowest BCUT2D eigenvalue weighted by atomic mass is 9.98. The summed E-state index contributed by atoms with van der Waals surface area (Å²) in [5.41, 5.74) is 3.47. The molecule has 29 heavy (non-hydrogen) atoms. The summed E-state index contributed by atoms with van der Waals surface area (Å²) in [7, 11) is 1.86. The Kier molecular flexibility index (Phi) is 7.49. The predicted octanol–water partition coefficient (Wildman–Crippen LogP) is 4.53. The lowest BCUT2D eigenvalue weighted by Gasteiger charge is -2.23. The number of rotatable bonds is 8. The van der Waals surface area contributed by atoms with E-state index in [9.17, 15) is 4.79 Å². The number of carbonyl (C=O) groups is 1. The van der Waals surface area contributed by atoms with Crippen molar-refractivity contribution in [3.63, 3.8) is 0 Å². The molecule has 0 spiro atoms. The molecule has 0 aliphatic heterocycles. The molecule has 0 bridgehead atoms. The largest absolute Gasteiger partial charge is 0.489 e. The van der Waals surface area contributed by atoms with Gasteiger partial charge >= 0.3 is 6.09 Å². The fraction of sp³-hybridized carbons (Fsp3) is 0.591. The van der Waals surface area contributed by atoms with Gasteiger partial charge < -0.3 is 14.8 Å². The Bertz CT molecular complexity index is 812. The number of unbranched alkanes of at least 4 members (excludes halogenated alkanes) is 1. The highest BCUT2D eigenvalue weighted by molar-refractivity contribution is 5.68. The van der Waals surface area contributed by atoms with E-state index in [0.29, 0.717) is 19.3 Å². The molecule has 1 fully saturated rings. The molecule has 2 heterocycles. The van der Waals surface area contributed by atoms with Crippen LogP contribution in [-0.4, -0.2) is 33.6 Å². The highest BCUT2D eigenvalue weighted by atomic mass is 16.5. The van der Waals surface area contributed by atoms with Gasteiger partial charge in [0.05, 0.1) is 42.5 Å². The SMILES string of the molecule is CCCCOC(=O)NCc1c(-c2ccc(OC3CCCCC3)c(C)n2)cnn1C. The Morgan fingerprint density at radius 1 is 1.28 bits per heavy atom. The molecular weight excluding hydrogens is 368 g/mol. The van der Waals surface area contributed by atoms with Crippen molar-refractivity contribution in [2.24, 2.45) is 7.05 Å². The second-order valence-electron chi connectivity index (χ2n) is 7.63. The summed E-state index contributed by atoms with van der Waals surface area (Å²) in [6.45, 7) is 4.80. The van der Waals surface area contributed by atoms with Crippen molar-refractivity contribution in [3.8, 4) is 17.0 Å². The van der Waals surface area contributed by atoms with Crippen molar-refractivity contribution in [3.05, 3.63) is 29.7 Å². The van der Waals surface area contributed by atoms with E-state index >= 15 is 0 Å². The summed E-state index contributed by atoms with van der Waals surface area (Å²) in [5, 5.41) is 7.15. The van der Waals surface area contributed by atoms with Crippen LogP contribution < -0.4 is 10.1 Å². The minimum absolute atomic E-state index is 0.298. The van der Waals surface area contributed by atoms with E-state index < -0.39 is 6.09 Å². The van der Waals surface area contributed by atoms with Crippen LogP contribution in [0, 0.1) is 6.92 Å². The highest BCUT2D eigenvalue weighted by Gasteiger charge is 2.18. The third-order valence-corrected chi connectivity index (χ3v) is 5.35. The number of alkyl carbamates (subject to hydrolysis) is 1. The first kappa shape index (κ1) is 21.1. The highest BCUT2D eigenvalue weighted by Crippen LogP contribution is 2.28. The van der Waals surface area contributed by atoms with E-state index in [1.165, 1.54) is 19.3 Å². The molecule has 0 unspecified atom stereocenters. The van der Waals surface area contributed by atoms with E-state index in [4.69, 9.17) is 14.5 Å². The van der Waals surface area contributed by atoms with Gasteiger partial charge in [0.2, 0.25) is 0 Å². The lowest BCUT2D eigenvalue weighted by Crippen LogP contribution is -2.25. The van der Waals surface area contributed by atoms with Crippen LogP contribution in [0.1, 0.15) is 63.3 Å². The zero-order valence-electron chi connectivity index (χ0n) is 17.7. The second-order valence-corrected chi connectivity index (χ2v) is 7.63. The minimum Gasteiger partial charge on any atom is -0.489 e. The summed E-state index contributed by atoms with van der Waals surface area (Å²) in [5.74, 6) is 0.851. The molecule has 2 aromatic heterocycles. The van der Waals surface area contributed by atoms with Gasteiger partial charge in [-0.15, -0.1) is 0 Å². The van der Waals surface area contributed by atoms with Crippen molar-refractivity contribution in [2.45, 2.75) is 71.4 Å². The standard InChI is InChI=1S/C22H32N4O3/c1-4-5-13-28-22(27)23-15-20-18(14-24-26(20)3)19-11-12-21(16(2)25-19)29-17-9-7-6-8-10-17/h11-12,14,17H,4-10,13,15H2,1-3H3,(H,23,27). The summed E-state index contributed by atoms with van der Waals surface area (Å²) in [6, 6.07) is 3.96. The summed E-state index contributed by atoms with van der Waals surface area (Å²) >= 11 is 0. The topological polar surface area (TPSA) is 78.3 Å². The molecule has 3 rings (SSSR count). The number of aromatic nitrogens is 3. The first-order valence-electron chi connectivity index (χ1n) is 10.6. The smallest absolute Gasteiger partial charge is 0.407 e. The molecule has 7 nitrogen and oxygen atoms in total. The number of nitrogens with zero attached hydrogens (tertiary/aromatic N) is 3. The van der Waals surface area contributed by atoms with E-state index in [-0.39, 0.29) is 0 Å². The van der Waals surface area contributed by atoms with Gasteiger partial charge in [0.25, 0.3) is 0 Å². The molecule has 7 heteroatoms. The summed E-state index contributed by atoms with van der Waals surface area (Å²) in [6.07, 6.45) is 9.54. The summed E-state index contributed by atoms with van der Waals surface area (Å²) < 4.78 is 13.1. The number of pyridine rings is 1. The Morgan fingerprint density at radius 3 is 2.79 bits per heavy atom. The molecular formula is C22H32N4O3. The monoisotopic (exact) mass is 400 g/mol.